The summed E-state index contributed by atoms with van der Waals surface area (Å²) in [4.78, 5) is 9.17. The first kappa shape index (κ1) is 23.9. The number of unbranched alkanes of at least 4 members (excludes halogenated alkanes) is 5. The number of fused-ring (bicyclic) bond motifs is 2. The first-order chi connectivity index (χ1) is 16.5. The number of hydrogen-bond donors (Lipinski definition) is 3. The average Bonchev–Trinajstić information content (AvgIpc) is 2.85. The summed E-state index contributed by atoms with van der Waals surface area (Å²) < 4.78 is 28.2. The number of sulfonamides is 1. The molecule has 0 saturated carbocycles. The van der Waals surface area contributed by atoms with Gasteiger partial charge in [0, 0.05) is 23.9 Å². The first-order valence-electron chi connectivity index (χ1n) is 11.8. The van der Waals surface area contributed by atoms with Gasteiger partial charge >= 0.3 is 0 Å². The summed E-state index contributed by atoms with van der Waals surface area (Å²) in [7, 11) is -3.51. The molecule has 0 amide bonds. The highest BCUT2D eigenvalue weighted by atomic mass is 32.2. The highest BCUT2D eigenvalue weighted by Gasteiger charge is 2.16. The van der Waals surface area contributed by atoms with E-state index in [1.54, 1.807) is 12.1 Å². The molecule has 0 aliphatic heterocycles. The standard InChI is InChI=1S/C26H31N5O2S/c27-25-22-15-7-8-16-23(22)30-26(31-25)28-18-9-3-1-2-4-10-19-29-34(32,33)24-17-11-13-20-12-5-6-14-21(20)24/h5-8,11-17,29H,1-4,9-10,18-19H2,(H3,27,28,30,31). The van der Waals surface area contributed by atoms with Crippen LogP contribution in [0.5, 0.6) is 0 Å². The summed E-state index contributed by atoms with van der Waals surface area (Å²) >= 11 is 0. The molecule has 0 saturated heterocycles. The van der Waals surface area contributed by atoms with Crippen molar-refractivity contribution in [1.29, 1.82) is 0 Å². The molecule has 4 N–H and O–H groups in total. The lowest BCUT2D eigenvalue weighted by Gasteiger charge is -2.10. The maximum absolute atomic E-state index is 12.7. The average molecular weight is 478 g/mol. The van der Waals surface area contributed by atoms with Crippen LogP contribution in [0.4, 0.5) is 11.8 Å². The Balaban J connectivity index is 1.11. The van der Waals surface area contributed by atoms with Crippen LogP contribution in [0.25, 0.3) is 21.7 Å². The van der Waals surface area contributed by atoms with Gasteiger partial charge in [-0.3, -0.25) is 0 Å². The molecule has 0 unspecified atom stereocenters. The Morgan fingerprint density at radius 3 is 2.18 bits per heavy atom. The number of hydrogen-bond acceptors (Lipinski definition) is 6. The van der Waals surface area contributed by atoms with Crippen molar-refractivity contribution in [3.05, 3.63) is 66.7 Å². The van der Waals surface area contributed by atoms with Crippen molar-refractivity contribution in [1.82, 2.24) is 14.7 Å². The van der Waals surface area contributed by atoms with Crippen LogP contribution in [-0.2, 0) is 10.0 Å². The van der Waals surface area contributed by atoms with E-state index in [9.17, 15) is 8.42 Å². The second kappa shape index (κ2) is 11.3. The van der Waals surface area contributed by atoms with E-state index in [1.807, 2.05) is 54.6 Å². The fourth-order valence-corrected chi connectivity index (χ4v) is 5.35. The van der Waals surface area contributed by atoms with Gasteiger partial charge in [-0.05, 0) is 36.4 Å². The van der Waals surface area contributed by atoms with Gasteiger partial charge in [0.05, 0.1) is 10.4 Å². The molecule has 7 nitrogen and oxygen atoms in total. The normalized spacial score (nSPS) is 11.8. The van der Waals surface area contributed by atoms with E-state index in [0.29, 0.717) is 23.2 Å². The van der Waals surface area contributed by atoms with E-state index >= 15 is 0 Å². The third-order valence-electron chi connectivity index (χ3n) is 5.85. The number of nitrogens with two attached hydrogens (primary N) is 1. The van der Waals surface area contributed by atoms with E-state index in [-0.39, 0.29) is 0 Å². The number of rotatable bonds is 12. The Hall–Kier alpha value is -3.23. The molecule has 1 heterocycles. The summed E-state index contributed by atoms with van der Waals surface area (Å²) in [5.74, 6) is 1.05. The van der Waals surface area contributed by atoms with Crippen LogP contribution in [-0.4, -0.2) is 31.5 Å². The van der Waals surface area contributed by atoms with Gasteiger partial charge in [0.1, 0.15) is 5.82 Å². The zero-order valence-corrected chi connectivity index (χ0v) is 20.0. The summed E-state index contributed by atoms with van der Waals surface area (Å²) in [5, 5.41) is 5.80. The van der Waals surface area contributed by atoms with Gasteiger partial charge in [0.15, 0.2) is 0 Å². The van der Waals surface area contributed by atoms with Crippen LogP contribution in [0, 0.1) is 0 Å². The first-order valence-corrected chi connectivity index (χ1v) is 13.3. The fraction of sp³-hybridized carbons (Fsp3) is 0.308. The molecule has 0 radical (unpaired) electrons. The highest BCUT2D eigenvalue weighted by Crippen LogP contribution is 2.22. The minimum atomic E-state index is -3.51. The summed E-state index contributed by atoms with van der Waals surface area (Å²) in [6, 6.07) is 20.6. The predicted octanol–water partition coefficient (Wildman–Crippen LogP) is 5.10. The zero-order valence-electron chi connectivity index (χ0n) is 19.2. The van der Waals surface area contributed by atoms with Gasteiger partial charge in [0.2, 0.25) is 16.0 Å². The van der Waals surface area contributed by atoms with Crippen LogP contribution < -0.4 is 15.8 Å². The number of anilines is 2. The number of para-hydroxylation sites is 1. The molecule has 8 heteroatoms. The predicted molar refractivity (Wildman–Crippen MR) is 139 cm³/mol. The van der Waals surface area contributed by atoms with E-state index in [4.69, 9.17) is 5.73 Å². The molecule has 3 aromatic carbocycles. The lowest BCUT2D eigenvalue weighted by atomic mass is 10.1. The highest BCUT2D eigenvalue weighted by molar-refractivity contribution is 7.89. The van der Waals surface area contributed by atoms with Crippen LogP contribution in [0.1, 0.15) is 38.5 Å². The lowest BCUT2D eigenvalue weighted by molar-refractivity contribution is 0.567. The molecule has 0 aliphatic carbocycles. The largest absolute Gasteiger partial charge is 0.383 e. The molecule has 0 spiro atoms. The smallest absolute Gasteiger partial charge is 0.241 e. The Morgan fingerprint density at radius 1 is 0.706 bits per heavy atom. The maximum Gasteiger partial charge on any atom is 0.241 e. The lowest BCUT2D eigenvalue weighted by Crippen LogP contribution is -2.25. The van der Waals surface area contributed by atoms with Crippen LogP contribution in [0.3, 0.4) is 0 Å². The second-order valence-electron chi connectivity index (χ2n) is 8.37. The Kier molecular flexibility index (Phi) is 7.92. The third-order valence-corrected chi connectivity index (χ3v) is 7.37. The van der Waals surface area contributed by atoms with Gasteiger partial charge in [-0.2, -0.15) is 4.98 Å². The van der Waals surface area contributed by atoms with Crippen molar-refractivity contribution in [3.8, 4) is 0 Å². The van der Waals surface area contributed by atoms with Gasteiger partial charge in [0.25, 0.3) is 0 Å². The third kappa shape index (κ3) is 6.01. The molecule has 178 valence electrons. The van der Waals surface area contributed by atoms with Crippen molar-refractivity contribution in [3.63, 3.8) is 0 Å². The van der Waals surface area contributed by atoms with Crippen LogP contribution in [0.15, 0.2) is 71.6 Å². The van der Waals surface area contributed by atoms with Crippen molar-refractivity contribution in [2.75, 3.05) is 24.1 Å². The van der Waals surface area contributed by atoms with Gasteiger partial charge in [-0.25, -0.2) is 18.1 Å². The molecular formula is C26H31N5O2S. The van der Waals surface area contributed by atoms with Gasteiger partial charge < -0.3 is 11.1 Å². The van der Waals surface area contributed by atoms with Crippen molar-refractivity contribution >= 4 is 43.5 Å². The SMILES string of the molecule is Nc1nc(NCCCCCCCCNS(=O)(=O)c2cccc3ccccc23)nc2ccccc12. The summed E-state index contributed by atoms with van der Waals surface area (Å²) in [5.41, 5.74) is 6.86. The number of benzene rings is 3. The molecule has 0 aliphatic rings. The fourth-order valence-electron chi connectivity index (χ4n) is 4.05. The van der Waals surface area contributed by atoms with Crippen molar-refractivity contribution in [2.45, 2.75) is 43.4 Å². The zero-order chi connectivity index (χ0) is 23.8. The molecule has 1 aromatic heterocycles. The summed E-state index contributed by atoms with van der Waals surface area (Å²) in [6.07, 6.45) is 6.12. The number of nitrogens with zero attached hydrogens (tertiary/aromatic N) is 2. The second-order valence-corrected chi connectivity index (χ2v) is 10.1. The van der Waals surface area contributed by atoms with Crippen LogP contribution in [0.2, 0.25) is 0 Å². The Morgan fingerprint density at radius 2 is 1.35 bits per heavy atom. The van der Waals surface area contributed by atoms with E-state index in [2.05, 4.69) is 20.0 Å². The number of nitrogens with one attached hydrogen (secondary N) is 2. The Bertz CT molecular complexity index is 1350. The van der Waals surface area contributed by atoms with Crippen LogP contribution >= 0.6 is 0 Å². The molecule has 0 atom stereocenters. The van der Waals surface area contributed by atoms with Crippen molar-refractivity contribution in [2.24, 2.45) is 0 Å². The molecule has 4 rings (SSSR count). The number of aromatic nitrogens is 2. The molecule has 4 aromatic rings. The van der Waals surface area contributed by atoms with Gasteiger partial charge in [-0.1, -0.05) is 74.2 Å². The monoisotopic (exact) mass is 477 g/mol. The topological polar surface area (TPSA) is 110 Å². The molecule has 0 bridgehead atoms. The maximum atomic E-state index is 12.7. The molecule has 34 heavy (non-hydrogen) atoms. The molecular weight excluding hydrogens is 446 g/mol. The van der Waals surface area contributed by atoms with E-state index < -0.39 is 10.0 Å². The minimum Gasteiger partial charge on any atom is -0.383 e. The quantitative estimate of drug-likeness (QED) is 0.245. The minimum absolute atomic E-state index is 0.343. The van der Waals surface area contributed by atoms with E-state index in [0.717, 1.165) is 66.7 Å². The van der Waals surface area contributed by atoms with Gasteiger partial charge in [-0.15, -0.1) is 0 Å². The Labute approximate surface area is 200 Å². The van der Waals surface area contributed by atoms with Crippen molar-refractivity contribution < 1.29 is 8.42 Å². The number of nitrogen functional groups attached to an aromatic ring is 1. The van der Waals surface area contributed by atoms with E-state index in [1.165, 1.54) is 0 Å². The molecule has 0 fully saturated rings. The summed E-state index contributed by atoms with van der Waals surface area (Å²) in [6.45, 7) is 1.25.